The maximum absolute atomic E-state index is 11.6. The van der Waals surface area contributed by atoms with Crippen LogP contribution in [0.2, 0.25) is 0 Å². The van der Waals surface area contributed by atoms with Crippen molar-refractivity contribution >= 4 is 5.91 Å². The van der Waals surface area contributed by atoms with Crippen molar-refractivity contribution in [2.75, 3.05) is 20.8 Å². The van der Waals surface area contributed by atoms with E-state index >= 15 is 0 Å². The lowest BCUT2D eigenvalue weighted by atomic mass is 9.95. The summed E-state index contributed by atoms with van der Waals surface area (Å²) in [5.41, 5.74) is -0.524. The van der Waals surface area contributed by atoms with E-state index in [-0.39, 0.29) is 18.4 Å². The number of hydrogen-bond acceptors (Lipinski definition) is 4. The zero-order valence-corrected chi connectivity index (χ0v) is 12.7. The summed E-state index contributed by atoms with van der Waals surface area (Å²) in [5.74, 6) is 0.931. The molecular formula is C15H23NO4. The Morgan fingerprint density at radius 1 is 1.30 bits per heavy atom. The van der Waals surface area contributed by atoms with Gasteiger partial charge < -0.3 is 19.9 Å². The molecule has 1 rings (SSSR count). The van der Waals surface area contributed by atoms with Gasteiger partial charge >= 0.3 is 0 Å². The third kappa shape index (κ3) is 3.87. The standard InChI is InChI=1S/C15H23NO4/c1-10(2)14(17)16-9-15(3,18)11-6-7-12(19-4)13(8-11)20-5/h6-8,10,18H,9H2,1-5H3,(H,16,17). The third-order valence-corrected chi connectivity index (χ3v) is 3.14. The number of aliphatic hydroxyl groups is 1. The summed E-state index contributed by atoms with van der Waals surface area (Å²) in [7, 11) is 3.09. The van der Waals surface area contributed by atoms with Crippen LogP contribution in [0.3, 0.4) is 0 Å². The van der Waals surface area contributed by atoms with Gasteiger partial charge in [0.05, 0.1) is 20.8 Å². The van der Waals surface area contributed by atoms with E-state index in [0.29, 0.717) is 17.1 Å². The predicted octanol–water partition coefficient (Wildman–Crippen LogP) is 1.68. The van der Waals surface area contributed by atoms with Crippen molar-refractivity contribution in [3.63, 3.8) is 0 Å². The van der Waals surface area contributed by atoms with E-state index in [1.807, 2.05) is 0 Å². The molecule has 1 atom stereocenters. The average molecular weight is 281 g/mol. The van der Waals surface area contributed by atoms with Gasteiger partial charge in [-0.2, -0.15) is 0 Å². The third-order valence-electron chi connectivity index (χ3n) is 3.14. The quantitative estimate of drug-likeness (QED) is 0.832. The summed E-state index contributed by atoms with van der Waals surface area (Å²) >= 11 is 0. The van der Waals surface area contributed by atoms with Gasteiger partial charge in [-0.25, -0.2) is 0 Å². The molecule has 0 aliphatic carbocycles. The number of nitrogens with one attached hydrogen (secondary N) is 1. The number of hydrogen-bond donors (Lipinski definition) is 2. The van der Waals surface area contributed by atoms with Crippen LogP contribution < -0.4 is 14.8 Å². The summed E-state index contributed by atoms with van der Waals surface area (Å²) in [4.78, 5) is 11.6. The van der Waals surface area contributed by atoms with Crippen molar-refractivity contribution in [3.8, 4) is 11.5 Å². The first kappa shape index (κ1) is 16.3. The molecule has 1 aromatic carbocycles. The van der Waals surface area contributed by atoms with Crippen LogP contribution in [0.5, 0.6) is 11.5 Å². The van der Waals surface area contributed by atoms with Crippen LogP contribution in [0, 0.1) is 5.92 Å². The largest absolute Gasteiger partial charge is 0.493 e. The Morgan fingerprint density at radius 2 is 1.90 bits per heavy atom. The first-order valence-electron chi connectivity index (χ1n) is 6.54. The van der Waals surface area contributed by atoms with Crippen molar-refractivity contribution < 1.29 is 19.4 Å². The fourth-order valence-electron chi connectivity index (χ4n) is 1.74. The van der Waals surface area contributed by atoms with E-state index < -0.39 is 5.60 Å². The number of rotatable bonds is 6. The van der Waals surface area contributed by atoms with Gasteiger partial charge in [0.2, 0.25) is 5.91 Å². The fraction of sp³-hybridized carbons (Fsp3) is 0.533. The second kappa shape index (κ2) is 6.61. The minimum atomic E-state index is -1.18. The molecule has 20 heavy (non-hydrogen) atoms. The number of carbonyl (C=O) groups is 1. The van der Waals surface area contributed by atoms with Gasteiger partial charge in [0, 0.05) is 5.92 Å². The molecule has 0 saturated carbocycles. The molecule has 2 N–H and O–H groups in total. The van der Waals surface area contributed by atoms with Crippen LogP contribution in [0.1, 0.15) is 26.3 Å². The Balaban J connectivity index is 2.89. The minimum absolute atomic E-state index is 0.0919. The van der Waals surface area contributed by atoms with Gasteiger partial charge in [-0.1, -0.05) is 19.9 Å². The molecule has 0 saturated heterocycles. The van der Waals surface area contributed by atoms with Crippen molar-refractivity contribution in [2.24, 2.45) is 5.92 Å². The smallest absolute Gasteiger partial charge is 0.222 e. The predicted molar refractivity (Wildman–Crippen MR) is 77.0 cm³/mol. The van der Waals surface area contributed by atoms with Gasteiger partial charge in [-0.05, 0) is 24.6 Å². The molecular weight excluding hydrogens is 258 g/mol. The van der Waals surface area contributed by atoms with Crippen molar-refractivity contribution in [3.05, 3.63) is 23.8 Å². The first-order valence-corrected chi connectivity index (χ1v) is 6.54. The van der Waals surface area contributed by atoms with Gasteiger partial charge in [0.1, 0.15) is 5.60 Å². The van der Waals surface area contributed by atoms with Crippen LogP contribution in [-0.2, 0) is 10.4 Å². The van der Waals surface area contributed by atoms with Crippen LogP contribution in [0.4, 0.5) is 0 Å². The molecule has 5 heteroatoms. The second-order valence-corrected chi connectivity index (χ2v) is 5.22. The zero-order valence-electron chi connectivity index (χ0n) is 12.7. The van der Waals surface area contributed by atoms with Gasteiger partial charge in [-0.15, -0.1) is 0 Å². The Morgan fingerprint density at radius 3 is 2.40 bits per heavy atom. The summed E-state index contributed by atoms with van der Waals surface area (Å²) < 4.78 is 10.4. The highest BCUT2D eigenvalue weighted by atomic mass is 16.5. The van der Waals surface area contributed by atoms with Crippen LogP contribution >= 0.6 is 0 Å². The molecule has 0 aliphatic heterocycles. The maximum atomic E-state index is 11.6. The molecule has 5 nitrogen and oxygen atoms in total. The van der Waals surface area contributed by atoms with Gasteiger partial charge in [0.25, 0.3) is 0 Å². The first-order chi connectivity index (χ1) is 9.31. The SMILES string of the molecule is COc1ccc(C(C)(O)CNC(=O)C(C)C)cc1OC. The molecule has 1 aromatic rings. The topological polar surface area (TPSA) is 67.8 Å². The Labute approximate surface area is 119 Å². The van der Waals surface area contributed by atoms with E-state index in [9.17, 15) is 9.90 Å². The van der Waals surface area contributed by atoms with Crippen LogP contribution in [0.25, 0.3) is 0 Å². The molecule has 0 radical (unpaired) electrons. The number of carbonyl (C=O) groups excluding carboxylic acids is 1. The van der Waals surface area contributed by atoms with E-state index in [2.05, 4.69) is 5.32 Å². The molecule has 0 bridgehead atoms. The molecule has 0 aliphatic rings. The zero-order chi connectivity index (χ0) is 15.3. The number of benzene rings is 1. The Hall–Kier alpha value is -1.75. The molecule has 112 valence electrons. The fourth-order valence-corrected chi connectivity index (χ4v) is 1.74. The highest BCUT2D eigenvalue weighted by Crippen LogP contribution is 2.31. The van der Waals surface area contributed by atoms with Gasteiger partial charge in [-0.3, -0.25) is 4.79 Å². The highest BCUT2D eigenvalue weighted by Gasteiger charge is 2.25. The normalized spacial score (nSPS) is 13.8. The van der Waals surface area contributed by atoms with Crippen molar-refractivity contribution in [1.29, 1.82) is 0 Å². The van der Waals surface area contributed by atoms with E-state index in [1.54, 1.807) is 46.1 Å². The molecule has 1 amide bonds. The minimum Gasteiger partial charge on any atom is -0.493 e. The van der Waals surface area contributed by atoms with E-state index in [4.69, 9.17) is 9.47 Å². The van der Waals surface area contributed by atoms with Crippen molar-refractivity contribution in [1.82, 2.24) is 5.32 Å². The molecule has 0 spiro atoms. The lowest BCUT2D eigenvalue weighted by Crippen LogP contribution is -2.40. The Bertz CT molecular complexity index is 469. The number of ether oxygens (including phenoxy) is 2. The molecule has 0 heterocycles. The second-order valence-electron chi connectivity index (χ2n) is 5.22. The molecule has 0 fully saturated rings. The lowest BCUT2D eigenvalue weighted by Gasteiger charge is -2.25. The summed E-state index contributed by atoms with van der Waals surface area (Å²) in [6.45, 7) is 5.40. The summed E-state index contributed by atoms with van der Waals surface area (Å²) in [6.07, 6.45) is 0. The lowest BCUT2D eigenvalue weighted by molar-refractivity contribution is -0.125. The van der Waals surface area contributed by atoms with Crippen LogP contribution in [-0.4, -0.2) is 31.8 Å². The number of methoxy groups -OCH3 is 2. The summed E-state index contributed by atoms with van der Waals surface area (Å²) in [5, 5.41) is 13.2. The van der Waals surface area contributed by atoms with E-state index in [0.717, 1.165) is 0 Å². The average Bonchev–Trinajstić information content (AvgIpc) is 2.43. The highest BCUT2D eigenvalue weighted by molar-refractivity contribution is 5.77. The molecule has 0 aromatic heterocycles. The monoisotopic (exact) mass is 281 g/mol. The summed E-state index contributed by atoms with van der Waals surface area (Å²) in [6, 6.07) is 5.19. The van der Waals surface area contributed by atoms with Gasteiger partial charge in [0.15, 0.2) is 11.5 Å². The van der Waals surface area contributed by atoms with E-state index in [1.165, 1.54) is 7.11 Å². The Kier molecular flexibility index (Phi) is 5.39. The molecule has 1 unspecified atom stereocenters. The van der Waals surface area contributed by atoms with Crippen LogP contribution in [0.15, 0.2) is 18.2 Å². The maximum Gasteiger partial charge on any atom is 0.222 e. The number of amides is 1. The van der Waals surface area contributed by atoms with Crippen molar-refractivity contribution in [2.45, 2.75) is 26.4 Å².